The molecule has 6 heteroatoms. The van der Waals surface area contributed by atoms with E-state index in [0.29, 0.717) is 24.6 Å². The lowest BCUT2D eigenvalue weighted by molar-refractivity contribution is -0.0587. The molecule has 1 saturated heterocycles. The maximum absolute atomic E-state index is 12.1. The van der Waals surface area contributed by atoms with Gasteiger partial charge in [0.1, 0.15) is 5.82 Å². The highest BCUT2D eigenvalue weighted by Crippen LogP contribution is 2.13. The van der Waals surface area contributed by atoms with Gasteiger partial charge < -0.3 is 15.4 Å². The Bertz CT molecular complexity index is 396. The van der Waals surface area contributed by atoms with Crippen LogP contribution in [0.4, 0.5) is 5.82 Å². The zero-order chi connectivity index (χ0) is 12.4. The smallest absolute Gasteiger partial charge is 0.274 e. The second-order valence-corrected chi connectivity index (χ2v) is 4.31. The number of amides is 1. The van der Waals surface area contributed by atoms with Crippen molar-refractivity contribution in [2.45, 2.75) is 26.1 Å². The maximum atomic E-state index is 12.1. The van der Waals surface area contributed by atoms with E-state index in [-0.39, 0.29) is 18.1 Å². The summed E-state index contributed by atoms with van der Waals surface area (Å²) in [6.45, 7) is 5.06. The second-order valence-electron chi connectivity index (χ2n) is 4.31. The van der Waals surface area contributed by atoms with Gasteiger partial charge in [-0.2, -0.15) is 0 Å². The molecule has 0 aromatic carbocycles. The minimum Gasteiger partial charge on any atom is -0.382 e. The minimum absolute atomic E-state index is 0.0458. The first-order valence-electron chi connectivity index (χ1n) is 5.60. The number of nitrogens with zero attached hydrogens (tertiary/aromatic N) is 3. The summed E-state index contributed by atoms with van der Waals surface area (Å²) in [7, 11) is 0. The summed E-state index contributed by atoms with van der Waals surface area (Å²) in [6, 6.07) is 3.17. The van der Waals surface area contributed by atoms with Crippen LogP contribution in [0.3, 0.4) is 0 Å². The molecule has 1 aromatic rings. The summed E-state index contributed by atoms with van der Waals surface area (Å²) in [6.07, 6.45) is 0.0916. The summed E-state index contributed by atoms with van der Waals surface area (Å²) in [5.74, 6) is 0.185. The normalized spacial score (nSPS) is 24.7. The number of carbonyl (C=O) groups is 1. The van der Waals surface area contributed by atoms with Crippen LogP contribution in [0.1, 0.15) is 24.3 Å². The molecule has 6 nitrogen and oxygen atoms in total. The number of aromatic nitrogens is 2. The molecule has 0 bridgehead atoms. The predicted molar refractivity (Wildman–Crippen MR) is 62.4 cm³/mol. The molecule has 2 N–H and O–H groups in total. The molecule has 17 heavy (non-hydrogen) atoms. The summed E-state index contributed by atoms with van der Waals surface area (Å²) >= 11 is 0. The fourth-order valence-corrected chi connectivity index (χ4v) is 1.96. The van der Waals surface area contributed by atoms with Gasteiger partial charge in [-0.1, -0.05) is 0 Å². The summed E-state index contributed by atoms with van der Waals surface area (Å²) < 4.78 is 5.57. The van der Waals surface area contributed by atoms with Gasteiger partial charge in [0.25, 0.3) is 5.91 Å². The summed E-state index contributed by atoms with van der Waals surface area (Å²) in [5.41, 5.74) is 5.75. The third-order valence-electron chi connectivity index (χ3n) is 2.61. The Labute approximate surface area is 99.8 Å². The molecule has 0 saturated carbocycles. The van der Waals surface area contributed by atoms with E-state index in [1.165, 1.54) is 0 Å². The fourth-order valence-electron chi connectivity index (χ4n) is 1.96. The first kappa shape index (κ1) is 11.8. The highest BCUT2D eigenvalue weighted by molar-refractivity contribution is 5.92. The summed E-state index contributed by atoms with van der Waals surface area (Å²) in [5, 5.41) is 7.48. The van der Waals surface area contributed by atoms with Gasteiger partial charge >= 0.3 is 0 Å². The van der Waals surface area contributed by atoms with E-state index in [9.17, 15) is 4.79 Å². The van der Waals surface area contributed by atoms with Gasteiger partial charge in [0.05, 0.1) is 12.2 Å². The quantitative estimate of drug-likeness (QED) is 0.758. The minimum atomic E-state index is -0.125. The van der Waals surface area contributed by atoms with Gasteiger partial charge in [-0.05, 0) is 26.0 Å². The van der Waals surface area contributed by atoms with Crippen LogP contribution >= 0.6 is 0 Å². The molecule has 1 aromatic heterocycles. The lowest BCUT2D eigenvalue weighted by atomic mass is 10.2. The Morgan fingerprint density at radius 1 is 1.35 bits per heavy atom. The highest BCUT2D eigenvalue weighted by atomic mass is 16.5. The average molecular weight is 236 g/mol. The van der Waals surface area contributed by atoms with Crippen molar-refractivity contribution in [1.82, 2.24) is 15.1 Å². The number of morpholine rings is 1. The number of anilines is 1. The van der Waals surface area contributed by atoms with Crippen molar-refractivity contribution in [3.63, 3.8) is 0 Å². The molecule has 0 unspecified atom stereocenters. The lowest BCUT2D eigenvalue weighted by Gasteiger charge is -2.35. The van der Waals surface area contributed by atoms with E-state index in [4.69, 9.17) is 10.5 Å². The number of nitrogen functional groups attached to an aromatic ring is 1. The Balaban J connectivity index is 2.11. The van der Waals surface area contributed by atoms with Crippen molar-refractivity contribution in [3.05, 3.63) is 17.8 Å². The van der Waals surface area contributed by atoms with E-state index >= 15 is 0 Å². The zero-order valence-electron chi connectivity index (χ0n) is 9.96. The topological polar surface area (TPSA) is 81.3 Å². The molecule has 1 amide bonds. The first-order valence-corrected chi connectivity index (χ1v) is 5.60. The average Bonchev–Trinajstić information content (AvgIpc) is 2.28. The van der Waals surface area contributed by atoms with Crippen LogP contribution in [0.15, 0.2) is 12.1 Å². The maximum Gasteiger partial charge on any atom is 0.274 e. The zero-order valence-corrected chi connectivity index (χ0v) is 9.96. The Kier molecular flexibility index (Phi) is 3.23. The molecule has 2 rings (SSSR count). The van der Waals surface area contributed by atoms with Crippen molar-refractivity contribution >= 4 is 11.7 Å². The molecule has 1 aliphatic heterocycles. The Hall–Kier alpha value is -1.69. The number of ether oxygens (including phenoxy) is 1. The molecular weight excluding hydrogens is 220 g/mol. The molecule has 0 radical (unpaired) electrons. The van der Waals surface area contributed by atoms with Gasteiger partial charge in [0.15, 0.2) is 5.69 Å². The molecule has 1 aliphatic rings. The molecule has 1 fully saturated rings. The van der Waals surface area contributed by atoms with E-state index in [1.807, 2.05) is 13.8 Å². The van der Waals surface area contributed by atoms with Crippen LogP contribution in [0.2, 0.25) is 0 Å². The van der Waals surface area contributed by atoms with E-state index < -0.39 is 0 Å². The number of carbonyl (C=O) groups excluding carboxylic acids is 1. The highest BCUT2D eigenvalue weighted by Gasteiger charge is 2.27. The summed E-state index contributed by atoms with van der Waals surface area (Å²) in [4.78, 5) is 13.9. The largest absolute Gasteiger partial charge is 0.382 e. The van der Waals surface area contributed by atoms with Gasteiger partial charge in [0, 0.05) is 13.1 Å². The van der Waals surface area contributed by atoms with E-state index in [1.54, 1.807) is 17.0 Å². The van der Waals surface area contributed by atoms with E-state index in [0.717, 1.165) is 0 Å². The Morgan fingerprint density at radius 2 is 2.00 bits per heavy atom. The first-order chi connectivity index (χ1) is 8.06. The van der Waals surface area contributed by atoms with Crippen molar-refractivity contribution in [2.75, 3.05) is 18.8 Å². The van der Waals surface area contributed by atoms with Gasteiger partial charge in [-0.3, -0.25) is 4.79 Å². The van der Waals surface area contributed by atoms with Gasteiger partial charge in [-0.25, -0.2) is 0 Å². The van der Waals surface area contributed by atoms with Crippen molar-refractivity contribution in [1.29, 1.82) is 0 Å². The van der Waals surface area contributed by atoms with Gasteiger partial charge in [-0.15, -0.1) is 10.2 Å². The third-order valence-corrected chi connectivity index (χ3v) is 2.61. The van der Waals surface area contributed by atoms with Gasteiger partial charge in [0.2, 0.25) is 0 Å². The van der Waals surface area contributed by atoms with Crippen LogP contribution in [0.25, 0.3) is 0 Å². The van der Waals surface area contributed by atoms with Crippen LogP contribution in [0, 0.1) is 0 Å². The number of hydrogen-bond donors (Lipinski definition) is 1. The third kappa shape index (κ3) is 2.71. The van der Waals surface area contributed by atoms with Crippen LogP contribution in [-0.4, -0.2) is 46.3 Å². The monoisotopic (exact) mass is 236 g/mol. The molecule has 2 heterocycles. The van der Waals surface area contributed by atoms with Crippen molar-refractivity contribution in [3.8, 4) is 0 Å². The van der Waals surface area contributed by atoms with Crippen molar-refractivity contribution in [2.24, 2.45) is 0 Å². The SMILES string of the molecule is C[C@@H]1CN(C(=O)c2ccc(N)nn2)C[C@H](C)O1. The predicted octanol–water partition coefficient (Wildman–Crippen LogP) is 0.308. The van der Waals surface area contributed by atoms with Crippen LogP contribution < -0.4 is 5.73 Å². The molecule has 0 aliphatic carbocycles. The lowest BCUT2D eigenvalue weighted by Crippen LogP contribution is -2.48. The molecular formula is C11H16N4O2. The second kappa shape index (κ2) is 4.67. The molecule has 0 spiro atoms. The number of hydrogen-bond acceptors (Lipinski definition) is 5. The standard InChI is InChI=1S/C11H16N4O2/c1-7-5-15(6-8(2)17-7)11(16)9-3-4-10(12)14-13-9/h3-4,7-8H,5-6H2,1-2H3,(H2,12,14)/t7-,8+. The van der Waals surface area contributed by atoms with E-state index in [2.05, 4.69) is 10.2 Å². The van der Waals surface area contributed by atoms with Crippen LogP contribution in [0.5, 0.6) is 0 Å². The van der Waals surface area contributed by atoms with Crippen molar-refractivity contribution < 1.29 is 9.53 Å². The number of nitrogens with two attached hydrogens (primary N) is 1. The number of rotatable bonds is 1. The molecule has 2 atom stereocenters. The Morgan fingerprint density at radius 3 is 2.53 bits per heavy atom. The molecule has 92 valence electrons. The fraction of sp³-hybridized carbons (Fsp3) is 0.545. The van der Waals surface area contributed by atoms with Crippen LogP contribution in [-0.2, 0) is 4.74 Å².